The minimum absolute atomic E-state index is 0.220. The lowest BCUT2D eigenvalue weighted by molar-refractivity contribution is -0.135. The molecule has 0 amide bonds. The highest BCUT2D eigenvalue weighted by Gasteiger charge is 2.41. The molecule has 2 aliphatic carbocycles. The summed E-state index contributed by atoms with van der Waals surface area (Å²) in [6, 6.07) is 20.1. The Morgan fingerprint density at radius 3 is 2.23 bits per heavy atom. The Labute approximate surface area is 225 Å². The van der Waals surface area contributed by atoms with Gasteiger partial charge in [0.2, 0.25) is 0 Å². The summed E-state index contributed by atoms with van der Waals surface area (Å²) < 4.78 is 30.0. The Bertz CT molecular complexity index is 1760. The summed E-state index contributed by atoms with van der Waals surface area (Å²) in [6.45, 7) is 1.93. The molecule has 0 heterocycles. The topological polar surface area (TPSA) is 130 Å². The van der Waals surface area contributed by atoms with Gasteiger partial charge in [0.1, 0.15) is 11.3 Å². The number of aliphatic carboxylic acids is 2. The molecular weight excluding hydrogens is 518 g/mol. The van der Waals surface area contributed by atoms with Gasteiger partial charge < -0.3 is 10.2 Å². The summed E-state index contributed by atoms with van der Waals surface area (Å²) in [6.07, 6.45) is 3.51. The molecule has 0 atom stereocenters. The summed E-state index contributed by atoms with van der Waals surface area (Å²) in [5.41, 5.74) is 1.40. The number of nitrogens with zero attached hydrogens (tertiary/aromatic N) is 1. The van der Waals surface area contributed by atoms with Crippen molar-refractivity contribution in [3.63, 3.8) is 0 Å². The maximum Gasteiger partial charge on any atom is 0.338 e. The summed E-state index contributed by atoms with van der Waals surface area (Å²) in [4.78, 5) is 25.5. The molecule has 8 nitrogen and oxygen atoms in total. The van der Waals surface area contributed by atoms with Crippen molar-refractivity contribution in [2.45, 2.75) is 26.2 Å². The summed E-state index contributed by atoms with van der Waals surface area (Å²) in [5, 5.41) is 26.1. The monoisotopic (exact) mass is 543 g/mol. The highest BCUT2D eigenvalue weighted by molar-refractivity contribution is 7.86. The van der Waals surface area contributed by atoms with Crippen LogP contribution in [0, 0.1) is 0 Å². The number of unbranched alkanes of at least 4 members (excludes halogenated alkanes) is 2. The molecule has 198 valence electrons. The molecule has 0 fully saturated rings. The van der Waals surface area contributed by atoms with E-state index < -0.39 is 33.2 Å². The van der Waals surface area contributed by atoms with Crippen LogP contribution in [-0.4, -0.2) is 42.0 Å². The lowest BCUT2D eigenvalue weighted by atomic mass is 9.77. The van der Waals surface area contributed by atoms with Crippen molar-refractivity contribution >= 4 is 55.8 Å². The maximum absolute atomic E-state index is 12.8. The predicted molar refractivity (Wildman–Crippen MR) is 149 cm³/mol. The fourth-order valence-electron chi connectivity index (χ4n) is 5.07. The van der Waals surface area contributed by atoms with Crippen molar-refractivity contribution in [1.29, 1.82) is 0 Å². The van der Waals surface area contributed by atoms with Crippen LogP contribution in [0.1, 0.15) is 42.9 Å². The number of hydrogen-bond acceptors (Lipinski definition) is 6. The van der Waals surface area contributed by atoms with Gasteiger partial charge in [0.05, 0.1) is 11.3 Å². The number of carbonyl (C=O) groups is 2. The van der Waals surface area contributed by atoms with Crippen LogP contribution < -0.4 is 0 Å². The van der Waals surface area contributed by atoms with Crippen LogP contribution in [0.5, 0.6) is 0 Å². The lowest BCUT2D eigenvalue weighted by Crippen LogP contribution is -2.26. The number of allylic oxidation sites excluding steroid dienone is 2. The molecule has 0 spiro atoms. The van der Waals surface area contributed by atoms with Gasteiger partial charge in [-0.2, -0.15) is 8.42 Å². The number of oxime groups is 1. The van der Waals surface area contributed by atoms with Crippen molar-refractivity contribution < 1.29 is 32.5 Å². The zero-order chi connectivity index (χ0) is 27.7. The normalized spacial score (nSPS) is 15.8. The van der Waals surface area contributed by atoms with E-state index in [1.54, 1.807) is 30.3 Å². The average molecular weight is 544 g/mol. The third-order valence-electron chi connectivity index (χ3n) is 6.77. The molecule has 2 N–H and O–H groups in total. The number of rotatable bonds is 9. The van der Waals surface area contributed by atoms with Crippen molar-refractivity contribution in [2.24, 2.45) is 5.16 Å². The average Bonchev–Trinajstić information content (AvgIpc) is 3.30. The fourth-order valence-corrected chi connectivity index (χ4v) is 5.89. The molecule has 3 aromatic rings. The highest BCUT2D eigenvalue weighted by Crippen LogP contribution is 2.49. The Kier molecular flexibility index (Phi) is 6.93. The van der Waals surface area contributed by atoms with Gasteiger partial charge in [-0.3, -0.25) is 4.28 Å². The number of carboxylic acid groups (broad SMARTS) is 2. The second-order valence-corrected chi connectivity index (χ2v) is 10.9. The van der Waals surface area contributed by atoms with Crippen molar-refractivity contribution in [2.75, 3.05) is 5.75 Å². The number of hydrogen-bond donors (Lipinski definition) is 2. The van der Waals surface area contributed by atoms with Crippen LogP contribution in [0.15, 0.2) is 88.6 Å². The van der Waals surface area contributed by atoms with Gasteiger partial charge >= 0.3 is 22.1 Å². The predicted octanol–water partition coefficient (Wildman–Crippen LogP) is 5.52. The fraction of sp³-hybridized carbons (Fsp3) is 0.167. The van der Waals surface area contributed by atoms with Crippen LogP contribution in [0.3, 0.4) is 0 Å². The molecular formula is C30H25NO7S. The van der Waals surface area contributed by atoms with Gasteiger partial charge in [0, 0.05) is 16.7 Å². The first-order valence-electron chi connectivity index (χ1n) is 12.5. The summed E-state index contributed by atoms with van der Waals surface area (Å²) in [7, 11) is -4.12. The molecule has 0 aromatic heterocycles. The first kappa shape index (κ1) is 26.1. The molecule has 0 aliphatic heterocycles. The van der Waals surface area contributed by atoms with Crippen LogP contribution in [0.4, 0.5) is 0 Å². The van der Waals surface area contributed by atoms with E-state index in [4.69, 9.17) is 4.28 Å². The van der Waals surface area contributed by atoms with Crippen LogP contribution in [-0.2, 0) is 24.0 Å². The van der Waals surface area contributed by atoms with Crippen molar-refractivity contribution in [3.05, 3.63) is 100 Å². The Morgan fingerprint density at radius 1 is 0.821 bits per heavy atom. The van der Waals surface area contributed by atoms with Gasteiger partial charge in [-0.1, -0.05) is 91.7 Å². The third-order valence-corrected chi connectivity index (χ3v) is 7.86. The molecule has 0 saturated carbocycles. The molecule has 5 rings (SSSR count). The summed E-state index contributed by atoms with van der Waals surface area (Å²) >= 11 is 0. The minimum Gasteiger partial charge on any atom is -0.478 e. The van der Waals surface area contributed by atoms with Gasteiger partial charge in [0.25, 0.3) is 0 Å². The van der Waals surface area contributed by atoms with Gasteiger partial charge in [-0.25, -0.2) is 9.59 Å². The number of carboxylic acids is 2. The molecule has 3 aromatic carbocycles. The standard InChI is InChI=1S/C30H25NO7S/c1-2-3-8-16-39(36,37)38-31-28-23-17-19-11-5-7-14-21(19)24(23)25(26(29(32)33)27(28)30(34)35)22-15-9-12-18-10-4-6-13-20(18)22/h4-7,9-15,17H,2-3,8,16H2,1H3,(H,32,33)(H,34,35). The van der Waals surface area contributed by atoms with Crippen LogP contribution in [0.2, 0.25) is 0 Å². The lowest BCUT2D eigenvalue weighted by Gasteiger charge is -2.25. The van der Waals surface area contributed by atoms with E-state index in [1.165, 1.54) is 0 Å². The summed E-state index contributed by atoms with van der Waals surface area (Å²) in [5.74, 6) is -3.34. The first-order chi connectivity index (χ1) is 18.7. The molecule has 0 saturated heterocycles. The first-order valence-corrected chi connectivity index (χ1v) is 14.1. The van der Waals surface area contributed by atoms with E-state index >= 15 is 0 Å². The smallest absolute Gasteiger partial charge is 0.338 e. The highest BCUT2D eigenvalue weighted by atomic mass is 32.2. The van der Waals surface area contributed by atoms with E-state index in [9.17, 15) is 28.2 Å². The van der Waals surface area contributed by atoms with Gasteiger partial charge in [-0.15, -0.1) is 0 Å². The minimum atomic E-state index is -4.12. The Balaban J connectivity index is 1.82. The molecule has 0 bridgehead atoms. The molecule has 0 unspecified atom stereocenters. The number of fused-ring (bicyclic) bond motifs is 4. The van der Waals surface area contributed by atoms with Crippen LogP contribution >= 0.6 is 0 Å². The van der Waals surface area contributed by atoms with Gasteiger partial charge in [-0.05, 0) is 40.0 Å². The van der Waals surface area contributed by atoms with E-state index in [2.05, 4.69) is 5.16 Å². The zero-order valence-corrected chi connectivity index (χ0v) is 21.9. The van der Waals surface area contributed by atoms with E-state index in [0.29, 0.717) is 29.5 Å². The van der Waals surface area contributed by atoms with Crippen LogP contribution in [0.25, 0.3) is 28.0 Å². The molecule has 9 heteroatoms. The Hall–Kier alpha value is -4.50. The Morgan fingerprint density at radius 2 is 1.49 bits per heavy atom. The SMILES string of the molecule is CCCCCS(=O)(=O)ON=C1C2=Cc3ccccc3C2=C(c2cccc3ccccc23)C(C(=O)O)=C1C(=O)O. The second-order valence-electron chi connectivity index (χ2n) is 9.27. The van der Waals surface area contributed by atoms with Gasteiger partial charge in [0.15, 0.2) is 0 Å². The van der Waals surface area contributed by atoms with Crippen molar-refractivity contribution in [1.82, 2.24) is 0 Å². The van der Waals surface area contributed by atoms with E-state index in [0.717, 1.165) is 22.8 Å². The number of benzene rings is 3. The maximum atomic E-state index is 12.8. The molecule has 39 heavy (non-hydrogen) atoms. The van der Waals surface area contributed by atoms with E-state index in [-0.39, 0.29) is 22.6 Å². The second kappa shape index (κ2) is 10.3. The quantitative estimate of drug-likeness (QED) is 0.268. The molecule has 2 aliphatic rings. The zero-order valence-electron chi connectivity index (χ0n) is 21.0. The molecule has 0 radical (unpaired) electrons. The van der Waals surface area contributed by atoms with Crippen molar-refractivity contribution in [3.8, 4) is 0 Å². The van der Waals surface area contributed by atoms with E-state index in [1.807, 2.05) is 49.4 Å². The largest absolute Gasteiger partial charge is 0.478 e. The third kappa shape index (κ3) is 4.77.